The third kappa shape index (κ3) is 3.50. The van der Waals surface area contributed by atoms with Crippen molar-refractivity contribution in [2.45, 2.75) is 13.0 Å². The molecule has 1 rings (SSSR count). The molecule has 1 atom stereocenters. The first kappa shape index (κ1) is 12.4. The number of nitrogen functional groups attached to an aromatic ring is 1. The van der Waals surface area contributed by atoms with Gasteiger partial charge in [-0.1, -0.05) is 0 Å². The standard InChI is InChI=1S/C9H17N5O2/c1-6(5-15-4)16-9-12-7(10)11-8(13-9)14(2)3/h6H,5H2,1-4H3,(H2,10,11,12,13). The number of nitrogens with zero attached hydrogens (tertiary/aromatic N) is 4. The molecule has 0 aliphatic heterocycles. The Labute approximate surface area is 94.6 Å². The van der Waals surface area contributed by atoms with Gasteiger partial charge in [0.15, 0.2) is 0 Å². The number of ether oxygens (including phenoxy) is 2. The van der Waals surface area contributed by atoms with Gasteiger partial charge in [-0.3, -0.25) is 0 Å². The van der Waals surface area contributed by atoms with Gasteiger partial charge in [-0.05, 0) is 6.92 Å². The predicted molar refractivity (Wildman–Crippen MR) is 60.5 cm³/mol. The Balaban J connectivity index is 2.80. The molecule has 0 aliphatic rings. The number of rotatable bonds is 5. The summed E-state index contributed by atoms with van der Waals surface area (Å²) in [6.45, 7) is 2.32. The molecule has 7 nitrogen and oxygen atoms in total. The number of nitrogens with two attached hydrogens (primary N) is 1. The van der Waals surface area contributed by atoms with E-state index >= 15 is 0 Å². The minimum absolute atomic E-state index is 0.137. The van der Waals surface area contributed by atoms with Crippen molar-refractivity contribution >= 4 is 11.9 Å². The highest BCUT2D eigenvalue weighted by Gasteiger charge is 2.10. The first-order valence-electron chi connectivity index (χ1n) is 4.87. The van der Waals surface area contributed by atoms with Gasteiger partial charge in [0.1, 0.15) is 6.10 Å². The van der Waals surface area contributed by atoms with Gasteiger partial charge < -0.3 is 20.1 Å². The minimum atomic E-state index is -0.137. The number of aromatic nitrogens is 3. The molecule has 0 saturated heterocycles. The van der Waals surface area contributed by atoms with Gasteiger partial charge in [-0.25, -0.2) is 0 Å². The molecule has 0 fully saturated rings. The normalized spacial score (nSPS) is 12.2. The molecule has 1 unspecified atom stereocenters. The Kier molecular flexibility index (Phi) is 4.24. The van der Waals surface area contributed by atoms with Crippen LogP contribution >= 0.6 is 0 Å². The average molecular weight is 227 g/mol. The fraction of sp³-hybridized carbons (Fsp3) is 0.667. The first-order chi connectivity index (χ1) is 7.52. The van der Waals surface area contributed by atoms with E-state index in [-0.39, 0.29) is 18.1 Å². The summed E-state index contributed by atoms with van der Waals surface area (Å²) in [5.41, 5.74) is 5.55. The van der Waals surface area contributed by atoms with E-state index in [1.807, 2.05) is 21.0 Å². The van der Waals surface area contributed by atoms with Crippen LogP contribution in [0.1, 0.15) is 6.92 Å². The molecule has 1 aromatic heterocycles. The van der Waals surface area contributed by atoms with Crippen LogP contribution in [0, 0.1) is 0 Å². The van der Waals surface area contributed by atoms with Gasteiger partial charge >= 0.3 is 6.01 Å². The summed E-state index contributed by atoms with van der Waals surface area (Å²) < 4.78 is 10.4. The Morgan fingerprint density at radius 2 is 2.00 bits per heavy atom. The van der Waals surface area contributed by atoms with E-state index in [1.54, 1.807) is 12.0 Å². The number of hydrogen-bond acceptors (Lipinski definition) is 7. The van der Waals surface area contributed by atoms with Gasteiger partial charge in [0.2, 0.25) is 11.9 Å². The smallest absolute Gasteiger partial charge is 0.323 e. The summed E-state index contributed by atoms with van der Waals surface area (Å²) >= 11 is 0. The van der Waals surface area contributed by atoms with Crippen LogP contribution in [-0.4, -0.2) is 48.9 Å². The van der Waals surface area contributed by atoms with E-state index < -0.39 is 0 Å². The Bertz CT molecular complexity index is 345. The molecule has 0 aromatic carbocycles. The highest BCUT2D eigenvalue weighted by molar-refractivity contribution is 5.33. The molecule has 90 valence electrons. The molecule has 16 heavy (non-hydrogen) atoms. The summed E-state index contributed by atoms with van der Waals surface area (Å²) in [6, 6.07) is 0.209. The molecule has 0 spiro atoms. The maximum absolute atomic E-state index is 5.55. The quantitative estimate of drug-likeness (QED) is 0.753. The second-order valence-corrected chi connectivity index (χ2v) is 3.55. The second kappa shape index (κ2) is 5.45. The molecule has 7 heteroatoms. The second-order valence-electron chi connectivity index (χ2n) is 3.55. The molecule has 0 aliphatic carbocycles. The fourth-order valence-electron chi connectivity index (χ4n) is 1.06. The lowest BCUT2D eigenvalue weighted by Crippen LogP contribution is -2.21. The molecule has 0 radical (unpaired) electrons. The maximum atomic E-state index is 5.55. The molecule has 0 saturated carbocycles. The topological polar surface area (TPSA) is 86.4 Å². The average Bonchev–Trinajstić information content (AvgIpc) is 2.16. The molecular weight excluding hydrogens is 210 g/mol. The van der Waals surface area contributed by atoms with Crippen LogP contribution in [0.5, 0.6) is 6.01 Å². The number of hydrogen-bond donors (Lipinski definition) is 1. The number of anilines is 2. The van der Waals surface area contributed by atoms with E-state index in [9.17, 15) is 0 Å². The molecule has 1 aromatic rings. The lowest BCUT2D eigenvalue weighted by molar-refractivity contribution is 0.0855. The van der Waals surface area contributed by atoms with E-state index in [4.69, 9.17) is 15.2 Å². The summed E-state index contributed by atoms with van der Waals surface area (Å²) in [6.07, 6.45) is -0.137. The summed E-state index contributed by atoms with van der Waals surface area (Å²) in [5, 5.41) is 0. The van der Waals surface area contributed by atoms with Crippen molar-refractivity contribution in [2.75, 3.05) is 38.4 Å². The molecule has 1 heterocycles. The lowest BCUT2D eigenvalue weighted by atomic mass is 10.4. The largest absolute Gasteiger partial charge is 0.458 e. The highest BCUT2D eigenvalue weighted by Crippen LogP contribution is 2.12. The van der Waals surface area contributed by atoms with Crippen LogP contribution in [-0.2, 0) is 4.74 Å². The van der Waals surface area contributed by atoms with Crippen LogP contribution < -0.4 is 15.4 Å². The predicted octanol–water partition coefficient (Wildman–Crippen LogP) is -0.0665. The van der Waals surface area contributed by atoms with Crippen molar-refractivity contribution in [1.82, 2.24) is 15.0 Å². The fourth-order valence-corrected chi connectivity index (χ4v) is 1.06. The van der Waals surface area contributed by atoms with Crippen molar-refractivity contribution in [3.63, 3.8) is 0 Å². The van der Waals surface area contributed by atoms with Crippen LogP contribution in [0.15, 0.2) is 0 Å². The van der Waals surface area contributed by atoms with E-state index in [2.05, 4.69) is 15.0 Å². The van der Waals surface area contributed by atoms with Crippen molar-refractivity contribution in [3.8, 4) is 6.01 Å². The molecule has 0 bridgehead atoms. The maximum Gasteiger partial charge on any atom is 0.323 e. The van der Waals surface area contributed by atoms with E-state index in [1.165, 1.54) is 0 Å². The van der Waals surface area contributed by atoms with Crippen LogP contribution in [0.25, 0.3) is 0 Å². The highest BCUT2D eigenvalue weighted by atomic mass is 16.5. The van der Waals surface area contributed by atoms with Crippen molar-refractivity contribution < 1.29 is 9.47 Å². The summed E-state index contributed by atoms with van der Waals surface area (Å²) in [7, 11) is 5.24. The van der Waals surface area contributed by atoms with Crippen molar-refractivity contribution in [1.29, 1.82) is 0 Å². The minimum Gasteiger partial charge on any atom is -0.458 e. The lowest BCUT2D eigenvalue weighted by Gasteiger charge is -2.14. The zero-order valence-corrected chi connectivity index (χ0v) is 9.97. The third-order valence-electron chi connectivity index (χ3n) is 1.73. The van der Waals surface area contributed by atoms with Gasteiger partial charge in [0.05, 0.1) is 6.61 Å². The van der Waals surface area contributed by atoms with Gasteiger partial charge in [-0.2, -0.15) is 15.0 Å². The third-order valence-corrected chi connectivity index (χ3v) is 1.73. The summed E-state index contributed by atoms with van der Waals surface area (Å²) in [5.74, 6) is 0.602. The summed E-state index contributed by atoms with van der Waals surface area (Å²) in [4.78, 5) is 13.7. The Morgan fingerprint density at radius 1 is 1.31 bits per heavy atom. The van der Waals surface area contributed by atoms with Crippen LogP contribution in [0.4, 0.5) is 11.9 Å². The Hall–Kier alpha value is -1.63. The van der Waals surface area contributed by atoms with Gasteiger partial charge in [0, 0.05) is 21.2 Å². The van der Waals surface area contributed by atoms with Crippen molar-refractivity contribution in [3.05, 3.63) is 0 Å². The first-order valence-corrected chi connectivity index (χ1v) is 4.87. The zero-order chi connectivity index (χ0) is 12.1. The zero-order valence-electron chi connectivity index (χ0n) is 9.97. The van der Waals surface area contributed by atoms with Crippen LogP contribution in [0.2, 0.25) is 0 Å². The van der Waals surface area contributed by atoms with Crippen LogP contribution in [0.3, 0.4) is 0 Å². The van der Waals surface area contributed by atoms with E-state index in [0.717, 1.165) is 0 Å². The molecular formula is C9H17N5O2. The van der Waals surface area contributed by atoms with Gasteiger partial charge in [0.25, 0.3) is 0 Å². The van der Waals surface area contributed by atoms with Crippen molar-refractivity contribution in [2.24, 2.45) is 0 Å². The number of methoxy groups -OCH3 is 1. The Morgan fingerprint density at radius 3 is 2.56 bits per heavy atom. The monoisotopic (exact) mass is 227 g/mol. The van der Waals surface area contributed by atoms with E-state index in [0.29, 0.717) is 12.6 Å². The molecule has 0 amide bonds. The SMILES string of the molecule is COCC(C)Oc1nc(N)nc(N(C)C)n1. The van der Waals surface area contributed by atoms with Gasteiger partial charge in [-0.15, -0.1) is 0 Å². The molecule has 2 N–H and O–H groups in total.